The third-order valence-electron chi connectivity index (χ3n) is 3.23. The molecule has 4 nitrogen and oxygen atoms in total. The molecule has 0 aliphatic heterocycles. The van der Waals surface area contributed by atoms with Crippen molar-refractivity contribution < 1.29 is 9.53 Å². The van der Waals surface area contributed by atoms with Gasteiger partial charge in [0.25, 0.3) is 0 Å². The molecule has 1 aromatic carbocycles. The third-order valence-corrected chi connectivity index (χ3v) is 4.26. The second kappa shape index (κ2) is 7.71. The first-order valence-corrected chi connectivity index (χ1v) is 8.08. The molecular formula is C17H18N2O2S. The molecule has 0 saturated carbocycles. The fraction of sp³-hybridized carbons (Fsp3) is 0.353. The molecule has 2 rings (SSSR count). The Labute approximate surface area is 134 Å². The Balaban J connectivity index is 1.95. The Kier molecular flexibility index (Phi) is 5.68. The summed E-state index contributed by atoms with van der Waals surface area (Å²) < 4.78 is 5.39. The van der Waals surface area contributed by atoms with Crippen LogP contribution in [0, 0.1) is 18.3 Å². The predicted molar refractivity (Wildman–Crippen MR) is 86.1 cm³/mol. The fourth-order valence-corrected chi connectivity index (χ4v) is 2.96. The van der Waals surface area contributed by atoms with Crippen LogP contribution in [-0.4, -0.2) is 17.4 Å². The van der Waals surface area contributed by atoms with Gasteiger partial charge in [0.15, 0.2) is 11.7 Å². The summed E-state index contributed by atoms with van der Waals surface area (Å²) in [5, 5.41) is 11.7. The second-order valence-corrected chi connectivity index (χ2v) is 5.82. The number of ketones is 1. The van der Waals surface area contributed by atoms with Crippen LogP contribution in [0.5, 0.6) is 5.75 Å². The van der Waals surface area contributed by atoms with E-state index in [-0.39, 0.29) is 5.78 Å². The molecule has 22 heavy (non-hydrogen) atoms. The first kappa shape index (κ1) is 16.2. The number of Topliss-reactive ketones (excluding diaryl/α,β-unsaturated/α-hetero) is 1. The topological polar surface area (TPSA) is 63.0 Å². The smallest absolute Gasteiger partial charge is 0.157 e. The van der Waals surface area contributed by atoms with E-state index in [9.17, 15) is 10.1 Å². The van der Waals surface area contributed by atoms with E-state index in [2.05, 4.69) is 11.1 Å². The van der Waals surface area contributed by atoms with Gasteiger partial charge in [-0.05, 0) is 38.0 Å². The number of nitrogens with zero attached hydrogens (tertiary/aromatic N) is 2. The zero-order valence-corrected chi connectivity index (χ0v) is 13.5. The Bertz CT molecular complexity index is 671. The van der Waals surface area contributed by atoms with Crippen molar-refractivity contribution in [2.75, 3.05) is 6.61 Å². The summed E-state index contributed by atoms with van der Waals surface area (Å²) in [5.41, 5.74) is 1.91. The molecule has 0 bridgehead atoms. The van der Waals surface area contributed by atoms with Gasteiger partial charge in [0, 0.05) is 17.5 Å². The number of hydrogen-bond donors (Lipinski definition) is 0. The van der Waals surface area contributed by atoms with E-state index in [1.165, 1.54) is 11.3 Å². The molecule has 0 amide bonds. The first-order chi connectivity index (χ1) is 10.6. The van der Waals surface area contributed by atoms with Gasteiger partial charge < -0.3 is 4.74 Å². The lowest BCUT2D eigenvalue weighted by atomic mass is 9.99. The van der Waals surface area contributed by atoms with Crippen molar-refractivity contribution >= 4 is 17.1 Å². The number of aryl methyl sites for hydroxylation is 2. The number of ether oxygens (including phenoxy) is 1. The number of carbonyl (C=O) groups is 1. The molecule has 114 valence electrons. The first-order valence-electron chi connectivity index (χ1n) is 7.20. The largest absolute Gasteiger partial charge is 0.494 e. The summed E-state index contributed by atoms with van der Waals surface area (Å²) in [6.45, 7) is 4.43. The zero-order valence-electron chi connectivity index (χ0n) is 12.7. The molecule has 0 fully saturated rings. The lowest BCUT2D eigenvalue weighted by molar-refractivity contribution is -0.119. The van der Waals surface area contributed by atoms with E-state index in [4.69, 9.17) is 4.74 Å². The van der Waals surface area contributed by atoms with Crippen molar-refractivity contribution in [1.29, 1.82) is 5.26 Å². The summed E-state index contributed by atoms with van der Waals surface area (Å²) in [6.07, 6.45) is 0.957. The van der Waals surface area contributed by atoms with Crippen LogP contribution in [0.15, 0.2) is 29.6 Å². The van der Waals surface area contributed by atoms with Gasteiger partial charge in [0.1, 0.15) is 10.8 Å². The van der Waals surface area contributed by atoms with Crippen molar-refractivity contribution in [3.05, 3.63) is 45.9 Å². The van der Waals surface area contributed by atoms with Crippen LogP contribution in [0.2, 0.25) is 0 Å². The van der Waals surface area contributed by atoms with Gasteiger partial charge in [-0.2, -0.15) is 5.26 Å². The monoisotopic (exact) mass is 314 g/mol. The predicted octanol–water partition coefficient (Wildman–Crippen LogP) is 3.66. The van der Waals surface area contributed by atoms with Crippen LogP contribution in [0.4, 0.5) is 0 Å². The number of aromatic nitrogens is 1. The molecule has 0 saturated heterocycles. The van der Waals surface area contributed by atoms with Gasteiger partial charge in [0.05, 0.1) is 12.7 Å². The molecule has 0 N–H and O–H groups in total. The fourth-order valence-electron chi connectivity index (χ4n) is 2.10. The maximum atomic E-state index is 12.2. The molecule has 0 aliphatic rings. The zero-order chi connectivity index (χ0) is 15.9. The number of benzene rings is 1. The Morgan fingerprint density at radius 2 is 2.14 bits per heavy atom. The number of thiazole rings is 1. The van der Waals surface area contributed by atoms with E-state index in [1.807, 2.05) is 43.5 Å². The maximum absolute atomic E-state index is 12.2. The number of hydrogen-bond acceptors (Lipinski definition) is 5. The van der Waals surface area contributed by atoms with E-state index < -0.39 is 5.92 Å². The van der Waals surface area contributed by atoms with E-state index >= 15 is 0 Å². The Morgan fingerprint density at radius 1 is 1.41 bits per heavy atom. The van der Waals surface area contributed by atoms with Crippen LogP contribution in [0.25, 0.3) is 0 Å². The summed E-state index contributed by atoms with van der Waals surface area (Å²) >= 11 is 1.37. The molecule has 1 unspecified atom stereocenters. The highest BCUT2D eigenvalue weighted by Gasteiger charge is 2.22. The highest BCUT2D eigenvalue weighted by atomic mass is 32.1. The van der Waals surface area contributed by atoms with Crippen LogP contribution in [-0.2, 0) is 11.2 Å². The van der Waals surface area contributed by atoms with Crippen LogP contribution in [0.1, 0.15) is 35.5 Å². The van der Waals surface area contributed by atoms with Crippen molar-refractivity contribution in [2.45, 2.75) is 32.6 Å². The van der Waals surface area contributed by atoms with Gasteiger partial charge in [-0.15, -0.1) is 11.3 Å². The van der Waals surface area contributed by atoms with Crippen molar-refractivity contribution in [1.82, 2.24) is 4.98 Å². The lowest BCUT2D eigenvalue weighted by Crippen LogP contribution is -2.11. The minimum atomic E-state index is -0.749. The third kappa shape index (κ3) is 4.15. The van der Waals surface area contributed by atoms with Crippen molar-refractivity contribution in [3.8, 4) is 11.8 Å². The second-order valence-electron chi connectivity index (χ2n) is 4.93. The molecule has 2 aromatic rings. The highest BCUT2D eigenvalue weighted by Crippen LogP contribution is 2.22. The molecule has 0 radical (unpaired) electrons. The minimum absolute atomic E-state index is 0.0780. The average Bonchev–Trinajstić information content (AvgIpc) is 2.94. The Morgan fingerprint density at radius 3 is 2.68 bits per heavy atom. The quantitative estimate of drug-likeness (QED) is 0.782. The maximum Gasteiger partial charge on any atom is 0.157 e. The lowest BCUT2D eigenvalue weighted by Gasteiger charge is -2.07. The van der Waals surface area contributed by atoms with Crippen LogP contribution < -0.4 is 4.74 Å². The van der Waals surface area contributed by atoms with Crippen molar-refractivity contribution in [2.24, 2.45) is 0 Å². The van der Waals surface area contributed by atoms with Gasteiger partial charge in [-0.25, -0.2) is 4.98 Å². The molecule has 0 aliphatic carbocycles. The molecule has 5 heteroatoms. The molecular weight excluding hydrogens is 296 g/mol. The number of carbonyl (C=O) groups excluding carboxylic acids is 1. The molecule has 1 aromatic heterocycles. The van der Waals surface area contributed by atoms with Crippen molar-refractivity contribution in [3.63, 3.8) is 0 Å². The van der Waals surface area contributed by atoms with E-state index in [1.54, 1.807) is 0 Å². The normalized spacial score (nSPS) is 11.7. The Hall–Kier alpha value is -2.19. The van der Waals surface area contributed by atoms with E-state index in [0.717, 1.165) is 17.0 Å². The summed E-state index contributed by atoms with van der Waals surface area (Å²) in [6, 6.07) is 9.77. The number of nitriles is 1. The van der Waals surface area contributed by atoms with Gasteiger partial charge in [-0.1, -0.05) is 12.1 Å². The highest BCUT2D eigenvalue weighted by molar-refractivity contribution is 7.09. The standard InChI is InChI=1S/C17H18N2O2S/c1-3-21-14-7-4-13(5-8-14)6-9-16(20)15(10-18)17-19-12(2)11-22-17/h4-5,7-8,11,15H,3,6,9H2,1-2H3. The van der Waals surface area contributed by atoms with E-state index in [0.29, 0.717) is 24.5 Å². The van der Waals surface area contributed by atoms with Crippen LogP contribution >= 0.6 is 11.3 Å². The molecule has 1 heterocycles. The molecule has 1 atom stereocenters. The SMILES string of the molecule is CCOc1ccc(CCC(=O)C(C#N)c2nc(C)cs2)cc1. The molecule has 0 spiro atoms. The number of rotatable bonds is 7. The summed E-state index contributed by atoms with van der Waals surface area (Å²) in [7, 11) is 0. The van der Waals surface area contributed by atoms with Gasteiger partial charge in [0.2, 0.25) is 0 Å². The summed E-state index contributed by atoms with van der Waals surface area (Å²) in [4.78, 5) is 16.5. The summed E-state index contributed by atoms with van der Waals surface area (Å²) in [5.74, 6) is -0.00197. The average molecular weight is 314 g/mol. The van der Waals surface area contributed by atoms with Crippen LogP contribution in [0.3, 0.4) is 0 Å². The van der Waals surface area contributed by atoms with Gasteiger partial charge in [-0.3, -0.25) is 4.79 Å². The van der Waals surface area contributed by atoms with Gasteiger partial charge >= 0.3 is 0 Å². The minimum Gasteiger partial charge on any atom is -0.494 e.